The first-order chi connectivity index (χ1) is 12.6. The summed E-state index contributed by atoms with van der Waals surface area (Å²) in [5.41, 5.74) is 0.358. The molecule has 0 N–H and O–H groups in total. The van der Waals surface area contributed by atoms with E-state index in [-0.39, 0.29) is 10.9 Å². The molecule has 1 saturated carbocycles. The van der Waals surface area contributed by atoms with Crippen LogP contribution in [0.15, 0.2) is 30.6 Å². The number of halogens is 2. The smallest absolute Gasteiger partial charge is 0.253 e. The van der Waals surface area contributed by atoms with E-state index in [4.69, 9.17) is 11.6 Å². The van der Waals surface area contributed by atoms with Crippen molar-refractivity contribution in [1.82, 2.24) is 14.5 Å². The van der Waals surface area contributed by atoms with Crippen molar-refractivity contribution in [2.45, 2.75) is 44.6 Å². The van der Waals surface area contributed by atoms with Gasteiger partial charge >= 0.3 is 0 Å². The molecule has 1 saturated heterocycles. The molecular formula is C20H23ClFN3O. The van der Waals surface area contributed by atoms with E-state index in [0.717, 1.165) is 31.1 Å². The van der Waals surface area contributed by atoms with Gasteiger partial charge in [0.05, 0.1) is 5.02 Å². The molecule has 4 rings (SSSR count). The lowest BCUT2D eigenvalue weighted by Crippen LogP contribution is -2.38. The van der Waals surface area contributed by atoms with Crippen molar-refractivity contribution in [2.24, 2.45) is 5.92 Å². The highest BCUT2D eigenvalue weighted by molar-refractivity contribution is 6.30. The van der Waals surface area contributed by atoms with E-state index < -0.39 is 5.82 Å². The van der Waals surface area contributed by atoms with Gasteiger partial charge in [0.1, 0.15) is 11.6 Å². The number of carbonyl (C=O) groups excluding carboxylic acids is 1. The largest absolute Gasteiger partial charge is 0.339 e. The van der Waals surface area contributed by atoms with Crippen LogP contribution < -0.4 is 0 Å². The number of nitrogens with zero attached hydrogens (tertiary/aromatic N) is 3. The molecule has 1 aromatic heterocycles. The zero-order chi connectivity index (χ0) is 18.1. The summed E-state index contributed by atoms with van der Waals surface area (Å²) in [7, 11) is 0. The molecule has 1 aliphatic heterocycles. The van der Waals surface area contributed by atoms with Gasteiger partial charge in [-0.25, -0.2) is 9.37 Å². The summed E-state index contributed by atoms with van der Waals surface area (Å²) in [5, 5.41) is 0.0403. The van der Waals surface area contributed by atoms with Crippen LogP contribution in [0.5, 0.6) is 0 Å². The maximum Gasteiger partial charge on any atom is 0.253 e. The number of carbonyl (C=O) groups is 1. The third-order valence-electron chi connectivity index (χ3n) is 5.74. The minimum atomic E-state index is -0.551. The van der Waals surface area contributed by atoms with Crippen molar-refractivity contribution < 1.29 is 9.18 Å². The number of hydrogen-bond acceptors (Lipinski definition) is 2. The van der Waals surface area contributed by atoms with E-state index in [2.05, 4.69) is 15.7 Å². The molecule has 2 fully saturated rings. The Morgan fingerprint density at radius 2 is 2.00 bits per heavy atom. The van der Waals surface area contributed by atoms with Gasteiger partial charge in [-0.2, -0.15) is 0 Å². The number of rotatable bonds is 4. The van der Waals surface area contributed by atoms with E-state index in [9.17, 15) is 9.18 Å². The van der Waals surface area contributed by atoms with Crippen LogP contribution in [0, 0.1) is 11.7 Å². The highest BCUT2D eigenvalue weighted by Crippen LogP contribution is 2.32. The van der Waals surface area contributed by atoms with Gasteiger partial charge in [0, 0.05) is 43.5 Å². The second kappa shape index (κ2) is 7.39. The molecule has 26 heavy (non-hydrogen) atoms. The van der Waals surface area contributed by atoms with Crippen molar-refractivity contribution in [2.75, 3.05) is 13.1 Å². The summed E-state index contributed by atoms with van der Waals surface area (Å²) in [6.07, 6.45) is 9.75. The van der Waals surface area contributed by atoms with Crippen molar-refractivity contribution in [3.63, 3.8) is 0 Å². The van der Waals surface area contributed by atoms with Crippen LogP contribution in [-0.4, -0.2) is 33.4 Å². The standard InChI is InChI=1S/C20H23ClFN3O/c21-17-5-4-16(12-18(17)22)20(26)24-9-6-15(7-10-24)19-23-8-11-25(19)13-14-2-1-3-14/h4-5,8,11-12,14-15H,1-3,6-7,9-10,13H2. The van der Waals surface area contributed by atoms with E-state index in [1.165, 1.54) is 31.4 Å². The van der Waals surface area contributed by atoms with Crippen LogP contribution in [0.2, 0.25) is 5.02 Å². The molecule has 0 radical (unpaired) electrons. The molecule has 0 bridgehead atoms. The predicted molar refractivity (Wildman–Crippen MR) is 98.9 cm³/mol. The molecule has 138 valence electrons. The second-order valence-corrected chi connectivity index (χ2v) is 7.84. The Morgan fingerprint density at radius 1 is 1.23 bits per heavy atom. The Bertz CT molecular complexity index is 794. The molecular weight excluding hydrogens is 353 g/mol. The Labute approximate surface area is 158 Å². The first-order valence-corrected chi connectivity index (χ1v) is 9.75. The summed E-state index contributed by atoms with van der Waals surface area (Å²) >= 11 is 5.70. The Kier molecular flexibility index (Phi) is 4.98. The maximum atomic E-state index is 13.6. The molecule has 6 heteroatoms. The normalized spacial score (nSPS) is 18.8. The molecule has 2 aliphatic rings. The van der Waals surface area contributed by atoms with Crippen molar-refractivity contribution in [3.05, 3.63) is 52.8 Å². The molecule has 1 aromatic carbocycles. The number of amides is 1. The third kappa shape index (κ3) is 3.50. The second-order valence-electron chi connectivity index (χ2n) is 7.43. The average molecular weight is 376 g/mol. The lowest BCUT2D eigenvalue weighted by molar-refractivity contribution is 0.0709. The summed E-state index contributed by atoms with van der Waals surface area (Å²) in [6, 6.07) is 4.25. The highest BCUT2D eigenvalue weighted by atomic mass is 35.5. The Morgan fingerprint density at radius 3 is 2.65 bits per heavy atom. The number of hydrogen-bond donors (Lipinski definition) is 0. The van der Waals surface area contributed by atoms with Crippen molar-refractivity contribution in [3.8, 4) is 0 Å². The lowest BCUT2D eigenvalue weighted by Gasteiger charge is -2.33. The number of likely N-dealkylation sites (tertiary alicyclic amines) is 1. The maximum absolute atomic E-state index is 13.6. The van der Waals surface area contributed by atoms with Gasteiger partial charge in [-0.15, -0.1) is 0 Å². The van der Waals surface area contributed by atoms with Gasteiger partial charge in [-0.3, -0.25) is 4.79 Å². The van der Waals surface area contributed by atoms with Crippen molar-refractivity contribution in [1.29, 1.82) is 0 Å². The fourth-order valence-electron chi connectivity index (χ4n) is 3.94. The molecule has 4 nitrogen and oxygen atoms in total. The molecule has 0 atom stereocenters. The lowest BCUT2D eigenvalue weighted by atomic mass is 9.85. The van der Waals surface area contributed by atoms with Crippen LogP contribution in [0.3, 0.4) is 0 Å². The quantitative estimate of drug-likeness (QED) is 0.789. The summed E-state index contributed by atoms with van der Waals surface area (Å²) in [6.45, 7) is 2.41. The minimum Gasteiger partial charge on any atom is -0.339 e. The minimum absolute atomic E-state index is 0.0403. The Hall–Kier alpha value is -1.88. The van der Waals surface area contributed by atoms with Gasteiger partial charge < -0.3 is 9.47 Å². The van der Waals surface area contributed by atoms with E-state index >= 15 is 0 Å². The first-order valence-electron chi connectivity index (χ1n) is 9.37. The summed E-state index contributed by atoms with van der Waals surface area (Å²) in [5.74, 6) is 1.66. The van der Waals surface area contributed by atoms with Crippen LogP contribution in [-0.2, 0) is 6.54 Å². The number of aromatic nitrogens is 2. The topological polar surface area (TPSA) is 38.1 Å². The van der Waals surface area contributed by atoms with E-state index in [1.54, 1.807) is 11.0 Å². The Balaban J connectivity index is 1.39. The van der Waals surface area contributed by atoms with E-state index in [0.29, 0.717) is 24.6 Å². The average Bonchev–Trinajstić information content (AvgIpc) is 3.08. The molecule has 2 heterocycles. The molecule has 0 spiro atoms. The monoisotopic (exact) mass is 375 g/mol. The molecule has 1 amide bonds. The number of imidazole rings is 1. The van der Waals surface area contributed by atoms with Crippen LogP contribution >= 0.6 is 11.6 Å². The van der Waals surface area contributed by atoms with Gasteiger partial charge in [0.25, 0.3) is 5.91 Å². The van der Waals surface area contributed by atoms with Gasteiger partial charge in [0.2, 0.25) is 0 Å². The molecule has 1 aliphatic carbocycles. The SMILES string of the molecule is O=C(c1ccc(Cl)c(F)c1)N1CCC(c2nccn2CC2CCC2)CC1. The molecule has 2 aromatic rings. The zero-order valence-corrected chi connectivity index (χ0v) is 15.5. The number of piperidine rings is 1. The van der Waals surface area contributed by atoms with Crippen LogP contribution in [0.25, 0.3) is 0 Å². The van der Waals surface area contributed by atoms with Gasteiger partial charge in [-0.1, -0.05) is 18.0 Å². The van der Waals surface area contributed by atoms with E-state index in [1.807, 2.05) is 6.20 Å². The fourth-order valence-corrected chi connectivity index (χ4v) is 4.06. The van der Waals surface area contributed by atoms with Gasteiger partial charge in [-0.05, 0) is 49.8 Å². The van der Waals surface area contributed by atoms with Crippen LogP contribution in [0.4, 0.5) is 4.39 Å². The number of benzene rings is 1. The predicted octanol–water partition coefficient (Wildman–Crippen LogP) is 4.50. The third-order valence-corrected chi connectivity index (χ3v) is 6.05. The summed E-state index contributed by atoms with van der Waals surface area (Å²) < 4.78 is 15.9. The zero-order valence-electron chi connectivity index (χ0n) is 14.7. The van der Waals surface area contributed by atoms with Gasteiger partial charge in [0.15, 0.2) is 0 Å². The highest BCUT2D eigenvalue weighted by Gasteiger charge is 2.28. The first kappa shape index (κ1) is 17.5. The fraction of sp³-hybridized carbons (Fsp3) is 0.500. The summed E-state index contributed by atoms with van der Waals surface area (Å²) in [4.78, 5) is 19.0. The van der Waals surface area contributed by atoms with Crippen molar-refractivity contribution >= 4 is 17.5 Å². The molecule has 0 unspecified atom stereocenters. The van der Waals surface area contributed by atoms with Crippen LogP contribution in [0.1, 0.15) is 54.2 Å².